The molecule has 0 radical (unpaired) electrons. The van der Waals surface area contributed by atoms with Gasteiger partial charge in [0.15, 0.2) is 0 Å². The second-order valence-corrected chi connectivity index (χ2v) is 9.50. The van der Waals surface area contributed by atoms with Gasteiger partial charge < -0.3 is 10.1 Å². The first-order chi connectivity index (χ1) is 14.5. The lowest BCUT2D eigenvalue weighted by molar-refractivity contribution is 0.0529. The Morgan fingerprint density at radius 1 is 1.13 bits per heavy atom. The minimum atomic E-state index is -0.477. The van der Waals surface area contributed by atoms with Crippen LogP contribution in [0.5, 0.6) is 0 Å². The number of amides is 1. The molecule has 0 aliphatic heterocycles. The van der Waals surface area contributed by atoms with Gasteiger partial charge in [0.2, 0.25) is 0 Å². The number of rotatable bonds is 5. The molecule has 0 aliphatic carbocycles. The standard InChI is InChI=1S/C22H15BrClNO3S2/c1-2-28-22(27)17-15(12-7-9-13(23)10-8-12)11-29-21(17)25-20(26)19-18(24)14-5-3-4-6-16(14)30-19/h3-11H,2H2,1H3,(H,25,26). The van der Waals surface area contributed by atoms with Crippen molar-refractivity contribution in [3.63, 3.8) is 0 Å². The van der Waals surface area contributed by atoms with Crippen molar-refractivity contribution in [2.75, 3.05) is 11.9 Å². The maximum absolute atomic E-state index is 13.0. The van der Waals surface area contributed by atoms with E-state index in [1.165, 1.54) is 22.7 Å². The molecule has 4 aromatic rings. The van der Waals surface area contributed by atoms with Crippen molar-refractivity contribution >= 4 is 77.2 Å². The van der Waals surface area contributed by atoms with Gasteiger partial charge in [0.05, 0.1) is 11.6 Å². The molecule has 1 amide bonds. The molecular weight excluding hydrogens is 506 g/mol. The topological polar surface area (TPSA) is 55.4 Å². The zero-order chi connectivity index (χ0) is 21.3. The molecule has 1 N–H and O–H groups in total. The average molecular weight is 521 g/mol. The van der Waals surface area contributed by atoms with Crippen LogP contribution in [0.1, 0.15) is 27.0 Å². The maximum Gasteiger partial charge on any atom is 0.341 e. The Morgan fingerprint density at radius 2 is 1.87 bits per heavy atom. The summed E-state index contributed by atoms with van der Waals surface area (Å²) in [6.45, 7) is 1.99. The van der Waals surface area contributed by atoms with Crippen molar-refractivity contribution < 1.29 is 14.3 Å². The van der Waals surface area contributed by atoms with Crippen LogP contribution in [0.15, 0.2) is 58.4 Å². The van der Waals surface area contributed by atoms with Crippen molar-refractivity contribution in [3.05, 3.63) is 73.8 Å². The highest BCUT2D eigenvalue weighted by atomic mass is 79.9. The summed E-state index contributed by atoms with van der Waals surface area (Å²) >= 11 is 12.5. The number of hydrogen-bond acceptors (Lipinski definition) is 5. The first-order valence-corrected chi connectivity index (χ1v) is 11.9. The third-order valence-electron chi connectivity index (χ3n) is 4.39. The third kappa shape index (κ3) is 4.03. The van der Waals surface area contributed by atoms with E-state index in [9.17, 15) is 9.59 Å². The molecule has 0 aliphatic rings. The SMILES string of the molecule is CCOC(=O)c1c(-c2ccc(Br)cc2)csc1NC(=O)c1sc2ccccc2c1Cl. The van der Waals surface area contributed by atoms with Gasteiger partial charge in [-0.05, 0) is 30.7 Å². The number of carbonyl (C=O) groups is 2. The second kappa shape index (κ2) is 8.89. The molecule has 0 spiro atoms. The Labute approximate surface area is 194 Å². The third-order valence-corrected chi connectivity index (χ3v) is 7.49. The largest absolute Gasteiger partial charge is 0.462 e. The molecule has 0 saturated carbocycles. The number of nitrogens with one attached hydrogen (secondary N) is 1. The molecule has 2 aromatic carbocycles. The highest BCUT2D eigenvalue weighted by Crippen LogP contribution is 2.39. The van der Waals surface area contributed by atoms with Crippen LogP contribution in [0.4, 0.5) is 5.00 Å². The molecule has 8 heteroatoms. The van der Waals surface area contributed by atoms with Gasteiger partial charge in [0.1, 0.15) is 15.4 Å². The van der Waals surface area contributed by atoms with E-state index in [0.717, 1.165) is 20.1 Å². The summed E-state index contributed by atoms with van der Waals surface area (Å²) in [5.74, 6) is -0.828. The fraction of sp³-hybridized carbons (Fsp3) is 0.0909. The second-order valence-electron chi connectivity index (χ2n) is 6.28. The molecule has 0 fully saturated rings. The van der Waals surface area contributed by atoms with E-state index in [-0.39, 0.29) is 12.5 Å². The number of fused-ring (bicyclic) bond motifs is 1. The van der Waals surface area contributed by atoms with E-state index >= 15 is 0 Å². The summed E-state index contributed by atoms with van der Waals surface area (Å²) in [6, 6.07) is 15.2. The molecule has 0 saturated heterocycles. The Balaban J connectivity index is 1.72. The maximum atomic E-state index is 13.0. The van der Waals surface area contributed by atoms with Gasteiger partial charge in [-0.15, -0.1) is 22.7 Å². The molecule has 152 valence electrons. The smallest absolute Gasteiger partial charge is 0.341 e. The van der Waals surface area contributed by atoms with Crippen molar-refractivity contribution in [1.29, 1.82) is 0 Å². The van der Waals surface area contributed by atoms with Crippen LogP contribution in [-0.4, -0.2) is 18.5 Å². The number of thiophene rings is 2. The van der Waals surface area contributed by atoms with Gasteiger partial charge in [-0.25, -0.2) is 4.79 Å². The minimum Gasteiger partial charge on any atom is -0.462 e. The van der Waals surface area contributed by atoms with Crippen molar-refractivity contribution in [3.8, 4) is 11.1 Å². The van der Waals surface area contributed by atoms with Gasteiger partial charge in [-0.2, -0.15) is 0 Å². The molecule has 30 heavy (non-hydrogen) atoms. The normalized spacial score (nSPS) is 10.9. The highest BCUT2D eigenvalue weighted by Gasteiger charge is 2.25. The summed E-state index contributed by atoms with van der Waals surface area (Å²) in [4.78, 5) is 26.1. The molecule has 4 rings (SSSR count). The lowest BCUT2D eigenvalue weighted by Crippen LogP contribution is -2.14. The Bertz CT molecular complexity index is 1250. The summed E-state index contributed by atoms with van der Waals surface area (Å²) in [6.07, 6.45) is 0. The van der Waals surface area contributed by atoms with Crippen molar-refractivity contribution in [1.82, 2.24) is 0 Å². The van der Waals surface area contributed by atoms with E-state index < -0.39 is 5.97 Å². The number of benzene rings is 2. The van der Waals surface area contributed by atoms with E-state index in [4.69, 9.17) is 16.3 Å². The van der Waals surface area contributed by atoms with Crippen LogP contribution in [0, 0.1) is 0 Å². The predicted molar refractivity (Wildman–Crippen MR) is 128 cm³/mol. The van der Waals surface area contributed by atoms with Gasteiger partial charge in [0, 0.05) is 25.5 Å². The molecule has 0 unspecified atom stereocenters. The van der Waals surface area contributed by atoms with Gasteiger partial charge >= 0.3 is 5.97 Å². The summed E-state index contributed by atoms with van der Waals surface area (Å²) in [5, 5.41) is 6.39. The number of halogens is 2. The zero-order valence-corrected chi connectivity index (χ0v) is 19.7. The molecule has 2 aromatic heterocycles. The van der Waals surface area contributed by atoms with Crippen LogP contribution in [0.2, 0.25) is 5.02 Å². The van der Waals surface area contributed by atoms with Crippen molar-refractivity contribution in [2.24, 2.45) is 0 Å². The van der Waals surface area contributed by atoms with E-state index in [1.54, 1.807) is 6.92 Å². The number of carbonyl (C=O) groups excluding carboxylic acids is 2. The first-order valence-electron chi connectivity index (χ1n) is 9.02. The van der Waals surface area contributed by atoms with E-state index in [0.29, 0.717) is 26.0 Å². The number of hydrogen-bond donors (Lipinski definition) is 1. The Kier molecular flexibility index (Phi) is 6.24. The van der Waals surface area contributed by atoms with Crippen LogP contribution < -0.4 is 5.32 Å². The lowest BCUT2D eigenvalue weighted by Gasteiger charge is -2.08. The number of anilines is 1. The first kappa shape index (κ1) is 21.1. The van der Waals surface area contributed by atoms with Gasteiger partial charge in [-0.3, -0.25) is 4.79 Å². The van der Waals surface area contributed by atoms with Crippen LogP contribution in [0.25, 0.3) is 21.2 Å². The van der Waals surface area contributed by atoms with Crippen LogP contribution in [-0.2, 0) is 4.74 Å². The minimum absolute atomic E-state index is 0.240. The van der Waals surface area contributed by atoms with Crippen molar-refractivity contribution in [2.45, 2.75) is 6.92 Å². The average Bonchev–Trinajstić information content (AvgIpc) is 3.30. The molecular formula is C22H15BrClNO3S2. The number of esters is 1. The van der Waals surface area contributed by atoms with Gasteiger partial charge in [0.25, 0.3) is 5.91 Å². The highest BCUT2D eigenvalue weighted by molar-refractivity contribution is 9.10. The Hall–Kier alpha value is -2.19. The zero-order valence-electron chi connectivity index (χ0n) is 15.7. The molecule has 0 bridgehead atoms. The molecule has 4 nitrogen and oxygen atoms in total. The predicted octanol–water partition coefficient (Wildman–Crippen LogP) is 7.47. The summed E-state index contributed by atoms with van der Waals surface area (Å²) < 4.78 is 7.12. The van der Waals surface area contributed by atoms with Crippen LogP contribution >= 0.6 is 50.2 Å². The summed E-state index contributed by atoms with van der Waals surface area (Å²) in [5.41, 5.74) is 1.91. The summed E-state index contributed by atoms with van der Waals surface area (Å²) in [7, 11) is 0. The molecule has 0 atom stereocenters. The van der Waals surface area contributed by atoms with Crippen LogP contribution in [0.3, 0.4) is 0 Å². The van der Waals surface area contributed by atoms with Gasteiger partial charge in [-0.1, -0.05) is 57.9 Å². The lowest BCUT2D eigenvalue weighted by atomic mass is 10.0. The quantitative estimate of drug-likeness (QED) is 0.278. The van der Waals surface area contributed by atoms with E-state index in [1.807, 2.05) is 53.9 Å². The number of ether oxygens (including phenoxy) is 1. The van der Waals surface area contributed by atoms with E-state index in [2.05, 4.69) is 21.2 Å². The fourth-order valence-electron chi connectivity index (χ4n) is 3.02. The fourth-order valence-corrected chi connectivity index (χ4v) is 5.65. The Morgan fingerprint density at radius 3 is 2.57 bits per heavy atom. The monoisotopic (exact) mass is 519 g/mol. The molecule has 2 heterocycles.